The second kappa shape index (κ2) is 29.5. The highest BCUT2D eigenvalue weighted by Gasteiger charge is 2.39. The fourth-order valence-corrected chi connectivity index (χ4v) is 7.34. The Hall–Kier alpha value is -4.37. The second-order valence-electron chi connectivity index (χ2n) is 19.9. The van der Waals surface area contributed by atoms with Gasteiger partial charge in [0, 0.05) is 13.6 Å². The second-order valence-corrected chi connectivity index (χ2v) is 19.9. The maximum atomic E-state index is 14.3. The van der Waals surface area contributed by atoms with Gasteiger partial charge >= 0.3 is 18.2 Å². The number of halogens is 2. The highest BCUT2D eigenvalue weighted by Crippen LogP contribution is 2.28. The van der Waals surface area contributed by atoms with E-state index in [-0.39, 0.29) is 37.3 Å². The van der Waals surface area contributed by atoms with Crippen molar-refractivity contribution in [2.24, 2.45) is 23.5 Å². The maximum Gasteiger partial charge on any atom is 0.407 e. The zero-order chi connectivity index (χ0) is 51.1. The number of nitrogens with zero attached hydrogens (tertiary/aromatic N) is 1. The molecule has 0 bridgehead atoms. The third-order valence-corrected chi connectivity index (χ3v) is 10.8. The standard InChI is InChI=1S/C46H83F2N7O12/c1-12-13-14-18-21-35(65-23-22-50-37(56)32(49)26-64-28-46(47,48)27-52-43(63)67-45(8,9)10)30(4)40(59)55(11)34(24-29(2)3)38(57)54-36(31-19-16-15-17-20-31)39(58)53-33(41(60)61)25-51-42(62)66-44(5,6)7/h29-36H,12-28,49H2,1-11H3,(H,50,56)(H,51,62)(H,52,63)(H,53,58)(H,54,57)(H,60,61)/t30-,32-,33+,34+,35?,36-/m0/s1. The number of nitrogens with two attached hydrogens (primary N) is 1. The van der Waals surface area contributed by atoms with Gasteiger partial charge in [-0.1, -0.05) is 72.6 Å². The Morgan fingerprint density at radius 1 is 0.806 bits per heavy atom. The van der Waals surface area contributed by atoms with Crippen molar-refractivity contribution in [3.63, 3.8) is 0 Å². The average Bonchev–Trinajstić information content (AvgIpc) is 3.22. The summed E-state index contributed by atoms with van der Waals surface area (Å²) in [6.45, 7) is 14.1. The van der Waals surface area contributed by atoms with Crippen LogP contribution in [0.4, 0.5) is 18.4 Å². The fourth-order valence-electron chi connectivity index (χ4n) is 7.34. The predicted octanol–water partition coefficient (Wildman–Crippen LogP) is 4.63. The van der Waals surface area contributed by atoms with Gasteiger partial charge in [-0.2, -0.15) is 0 Å². The smallest absolute Gasteiger partial charge is 0.407 e. The van der Waals surface area contributed by atoms with Crippen LogP contribution in [0.5, 0.6) is 0 Å². The first-order chi connectivity index (χ1) is 31.1. The molecule has 21 heteroatoms. The number of rotatable bonds is 29. The van der Waals surface area contributed by atoms with Crippen LogP contribution in [0.3, 0.4) is 0 Å². The number of ether oxygens (including phenoxy) is 4. The highest BCUT2D eigenvalue weighted by atomic mass is 19.3. The number of carbonyl (C=O) groups excluding carboxylic acids is 6. The first-order valence-electron chi connectivity index (χ1n) is 23.7. The first-order valence-corrected chi connectivity index (χ1v) is 23.7. The quantitative estimate of drug-likeness (QED) is 0.0505. The molecule has 0 aromatic carbocycles. The maximum absolute atomic E-state index is 14.3. The Labute approximate surface area is 396 Å². The lowest BCUT2D eigenvalue weighted by molar-refractivity contribution is -0.147. The lowest BCUT2D eigenvalue weighted by Gasteiger charge is -2.36. The molecule has 6 atom stereocenters. The van der Waals surface area contributed by atoms with Crippen LogP contribution in [-0.2, 0) is 42.9 Å². The molecule has 19 nitrogen and oxygen atoms in total. The van der Waals surface area contributed by atoms with E-state index in [0.29, 0.717) is 19.3 Å². The van der Waals surface area contributed by atoms with Crippen LogP contribution in [0.1, 0.15) is 140 Å². The van der Waals surface area contributed by atoms with E-state index >= 15 is 0 Å². The lowest BCUT2D eigenvalue weighted by Crippen LogP contribution is -2.60. The van der Waals surface area contributed by atoms with E-state index < -0.39 is 115 Å². The molecule has 67 heavy (non-hydrogen) atoms. The molecule has 0 heterocycles. The molecule has 1 unspecified atom stereocenters. The van der Waals surface area contributed by atoms with Gasteiger partial charge in [0.15, 0.2) is 0 Å². The van der Waals surface area contributed by atoms with Crippen molar-refractivity contribution < 1.29 is 66.4 Å². The first kappa shape index (κ1) is 60.6. The molecule has 1 fully saturated rings. The summed E-state index contributed by atoms with van der Waals surface area (Å²) >= 11 is 0. The summed E-state index contributed by atoms with van der Waals surface area (Å²) in [6, 6.07) is -4.95. The molecule has 1 saturated carbocycles. The normalized spacial score (nSPS) is 16.3. The number of aliphatic carboxylic acids is 1. The topological polar surface area (TPSA) is 266 Å². The van der Waals surface area contributed by atoms with Crippen molar-refractivity contribution >= 4 is 41.8 Å². The van der Waals surface area contributed by atoms with Gasteiger partial charge in [0.1, 0.15) is 42.0 Å². The molecule has 1 aliphatic rings. The van der Waals surface area contributed by atoms with Crippen LogP contribution in [0, 0.1) is 17.8 Å². The predicted molar refractivity (Wildman–Crippen MR) is 247 cm³/mol. The molecule has 1 aliphatic carbocycles. The highest BCUT2D eigenvalue weighted by molar-refractivity contribution is 5.94. The van der Waals surface area contributed by atoms with E-state index in [1.54, 1.807) is 48.5 Å². The van der Waals surface area contributed by atoms with Gasteiger partial charge in [-0.3, -0.25) is 19.2 Å². The van der Waals surface area contributed by atoms with E-state index in [1.165, 1.54) is 11.9 Å². The SMILES string of the molecule is CCCCCCC(OCCNC(=O)[C@@H](N)COCC(F)(F)CNC(=O)OC(C)(C)C)[C@H](C)C(=O)N(C)[C@H](CC(C)C)C(=O)N[C@H](C(=O)N[C@H](CNC(=O)OC(C)(C)C)C(=O)O)C1CCCCC1. The number of carbonyl (C=O) groups is 7. The molecule has 0 saturated heterocycles. The van der Waals surface area contributed by atoms with Crippen molar-refractivity contribution in [2.45, 2.75) is 187 Å². The number of nitrogens with one attached hydrogen (secondary N) is 5. The molecular formula is C46H83F2N7O12. The van der Waals surface area contributed by atoms with Crippen molar-refractivity contribution in [1.82, 2.24) is 31.5 Å². The lowest BCUT2D eigenvalue weighted by atomic mass is 9.83. The largest absolute Gasteiger partial charge is 0.480 e. The minimum atomic E-state index is -3.46. The Morgan fingerprint density at radius 2 is 1.40 bits per heavy atom. The van der Waals surface area contributed by atoms with Crippen molar-refractivity contribution in [3.8, 4) is 0 Å². The zero-order valence-electron chi connectivity index (χ0n) is 41.9. The van der Waals surface area contributed by atoms with Gasteiger partial charge in [-0.15, -0.1) is 0 Å². The minimum Gasteiger partial charge on any atom is -0.480 e. The third kappa shape index (κ3) is 25.5. The van der Waals surface area contributed by atoms with Crippen LogP contribution >= 0.6 is 0 Å². The van der Waals surface area contributed by atoms with Crippen molar-refractivity contribution in [1.29, 1.82) is 0 Å². The Kier molecular flexibility index (Phi) is 26.7. The number of alkyl carbamates (subject to hydrolysis) is 2. The number of hydrogen-bond acceptors (Lipinski definition) is 12. The number of carboxylic acid groups (broad SMARTS) is 1. The molecule has 0 aliphatic heterocycles. The van der Waals surface area contributed by atoms with Crippen LogP contribution in [0.2, 0.25) is 0 Å². The molecule has 0 radical (unpaired) electrons. The summed E-state index contributed by atoms with van der Waals surface area (Å²) in [5, 5.41) is 22.3. The molecule has 8 N–H and O–H groups in total. The Balaban J connectivity index is 3.06. The summed E-state index contributed by atoms with van der Waals surface area (Å²) in [7, 11) is 1.52. The van der Waals surface area contributed by atoms with Crippen LogP contribution in [-0.4, -0.2) is 146 Å². The number of carboxylic acids is 1. The van der Waals surface area contributed by atoms with Gasteiger partial charge < -0.3 is 61.3 Å². The number of alkyl halides is 2. The van der Waals surface area contributed by atoms with E-state index in [1.807, 2.05) is 19.2 Å². The molecule has 388 valence electrons. The summed E-state index contributed by atoms with van der Waals surface area (Å²) in [6.07, 6.45) is 5.61. The summed E-state index contributed by atoms with van der Waals surface area (Å²) in [4.78, 5) is 92.8. The monoisotopic (exact) mass is 964 g/mol. The van der Waals surface area contributed by atoms with Gasteiger partial charge in [0.2, 0.25) is 23.6 Å². The minimum absolute atomic E-state index is 0.0203. The van der Waals surface area contributed by atoms with Gasteiger partial charge in [-0.25, -0.2) is 23.2 Å². The summed E-state index contributed by atoms with van der Waals surface area (Å²) < 4.78 is 49.9. The third-order valence-electron chi connectivity index (χ3n) is 10.8. The van der Waals surface area contributed by atoms with E-state index in [4.69, 9.17) is 24.7 Å². The number of likely N-dealkylation sites (N-methyl/N-ethyl adjacent to an activating group) is 1. The fraction of sp³-hybridized carbons (Fsp3) is 0.848. The van der Waals surface area contributed by atoms with Crippen LogP contribution < -0.4 is 32.3 Å². The van der Waals surface area contributed by atoms with Crippen molar-refractivity contribution in [3.05, 3.63) is 0 Å². The van der Waals surface area contributed by atoms with E-state index in [2.05, 4.69) is 28.2 Å². The molecular weight excluding hydrogens is 881 g/mol. The van der Waals surface area contributed by atoms with Gasteiger partial charge in [-0.05, 0) is 79.1 Å². The molecule has 0 aromatic rings. The van der Waals surface area contributed by atoms with Crippen molar-refractivity contribution in [2.75, 3.05) is 46.5 Å². The average molecular weight is 964 g/mol. The Morgan fingerprint density at radius 3 is 1.96 bits per heavy atom. The van der Waals surface area contributed by atoms with Gasteiger partial charge in [0.25, 0.3) is 5.92 Å². The molecule has 0 spiro atoms. The summed E-state index contributed by atoms with van der Waals surface area (Å²) in [5.41, 5.74) is 4.18. The zero-order valence-corrected chi connectivity index (χ0v) is 41.9. The van der Waals surface area contributed by atoms with Crippen LogP contribution in [0.25, 0.3) is 0 Å². The molecule has 1 rings (SSSR count). The number of amides is 6. The van der Waals surface area contributed by atoms with Crippen LogP contribution in [0.15, 0.2) is 0 Å². The Bertz CT molecular complexity index is 1570. The number of unbranched alkanes of at least 4 members (excludes halogenated alkanes) is 3. The summed E-state index contributed by atoms with van der Waals surface area (Å²) in [5.74, 6) is -8.34. The number of hydrogen-bond donors (Lipinski definition) is 7. The van der Waals surface area contributed by atoms with Gasteiger partial charge in [0.05, 0.1) is 38.3 Å². The molecule has 6 amide bonds. The molecule has 0 aromatic heterocycles. The van der Waals surface area contributed by atoms with E-state index in [9.17, 15) is 47.4 Å². The van der Waals surface area contributed by atoms with E-state index in [0.717, 1.165) is 44.9 Å².